The van der Waals surface area contributed by atoms with Gasteiger partial charge in [0.15, 0.2) is 0 Å². The molecule has 0 aliphatic carbocycles. The van der Waals surface area contributed by atoms with Crippen LogP contribution in [0.2, 0.25) is 0 Å². The molecule has 2 rings (SSSR count). The molecular formula is C17H27BN2O5. The highest BCUT2D eigenvalue weighted by Gasteiger charge is 2.26. The lowest BCUT2D eigenvalue weighted by atomic mass is 9.78. The molecule has 0 atom stereocenters. The van der Waals surface area contributed by atoms with Gasteiger partial charge < -0.3 is 24.4 Å². The van der Waals surface area contributed by atoms with E-state index in [2.05, 4.69) is 4.90 Å². The smallest absolute Gasteiger partial charge is 0.492 e. The molecule has 1 aromatic carbocycles. The van der Waals surface area contributed by atoms with Gasteiger partial charge in [-0.25, -0.2) is 4.79 Å². The van der Waals surface area contributed by atoms with Gasteiger partial charge in [0, 0.05) is 38.2 Å². The Kier molecular flexibility index (Phi) is 6.32. The number of hydrogen-bond acceptors (Lipinski definition) is 6. The van der Waals surface area contributed by atoms with Crippen LogP contribution in [0.15, 0.2) is 18.2 Å². The predicted molar refractivity (Wildman–Crippen MR) is 95.9 cm³/mol. The van der Waals surface area contributed by atoms with Crippen LogP contribution in [-0.2, 0) is 11.3 Å². The van der Waals surface area contributed by atoms with Crippen molar-refractivity contribution in [1.82, 2.24) is 9.80 Å². The second-order valence-corrected chi connectivity index (χ2v) is 7.19. The average Bonchev–Trinajstić information content (AvgIpc) is 2.53. The predicted octanol–water partition coefficient (Wildman–Crippen LogP) is 0.428. The van der Waals surface area contributed by atoms with Crippen molar-refractivity contribution in [2.75, 3.05) is 33.3 Å². The van der Waals surface area contributed by atoms with Gasteiger partial charge in [-0.3, -0.25) is 4.90 Å². The molecule has 7 nitrogen and oxygen atoms in total. The molecule has 25 heavy (non-hydrogen) atoms. The van der Waals surface area contributed by atoms with E-state index < -0.39 is 12.7 Å². The number of rotatable bonds is 4. The van der Waals surface area contributed by atoms with E-state index in [0.29, 0.717) is 30.8 Å². The van der Waals surface area contributed by atoms with Gasteiger partial charge in [0.1, 0.15) is 11.4 Å². The van der Waals surface area contributed by atoms with Crippen LogP contribution in [0.3, 0.4) is 0 Å². The SMILES string of the molecule is COc1ccc(CN2CCN(C(=O)OC(C)(C)C)CC2)cc1B(O)O. The first-order chi connectivity index (χ1) is 11.7. The van der Waals surface area contributed by atoms with E-state index in [4.69, 9.17) is 9.47 Å². The number of ether oxygens (including phenoxy) is 2. The summed E-state index contributed by atoms with van der Waals surface area (Å²) >= 11 is 0. The molecule has 0 spiro atoms. The Balaban J connectivity index is 1.92. The number of amides is 1. The summed E-state index contributed by atoms with van der Waals surface area (Å²) in [7, 11) is -0.0736. The topological polar surface area (TPSA) is 82.5 Å². The van der Waals surface area contributed by atoms with Gasteiger partial charge >= 0.3 is 13.2 Å². The van der Waals surface area contributed by atoms with E-state index in [-0.39, 0.29) is 6.09 Å². The number of carbonyl (C=O) groups is 1. The maximum atomic E-state index is 12.1. The zero-order valence-electron chi connectivity index (χ0n) is 15.4. The van der Waals surface area contributed by atoms with Crippen molar-refractivity contribution in [1.29, 1.82) is 0 Å². The van der Waals surface area contributed by atoms with Gasteiger partial charge in [0.2, 0.25) is 0 Å². The van der Waals surface area contributed by atoms with E-state index >= 15 is 0 Å². The third-order valence-corrected chi connectivity index (χ3v) is 4.00. The van der Waals surface area contributed by atoms with Gasteiger partial charge in [-0.2, -0.15) is 0 Å². The molecule has 0 unspecified atom stereocenters. The minimum Gasteiger partial charge on any atom is -0.497 e. The normalized spacial score (nSPS) is 15.8. The largest absolute Gasteiger partial charge is 0.497 e. The summed E-state index contributed by atoms with van der Waals surface area (Å²) in [6, 6.07) is 5.38. The summed E-state index contributed by atoms with van der Waals surface area (Å²) in [5.74, 6) is 0.452. The van der Waals surface area contributed by atoms with Gasteiger partial charge in [-0.1, -0.05) is 12.1 Å². The van der Waals surface area contributed by atoms with Crippen LogP contribution < -0.4 is 10.2 Å². The highest BCUT2D eigenvalue weighted by atomic mass is 16.6. The van der Waals surface area contributed by atoms with Crippen LogP contribution in [0, 0.1) is 0 Å². The maximum Gasteiger partial charge on any atom is 0.492 e. The van der Waals surface area contributed by atoms with Crippen molar-refractivity contribution < 1.29 is 24.3 Å². The summed E-state index contributed by atoms with van der Waals surface area (Å²) < 4.78 is 10.5. The molecule has 1 fully saturated rings. The van der Waals surface area contributed by atoms with E-state index in [9.17, 15) is 14.8 Å². The summed E-state index contributed by atoms with van der Waals surface area (Å²) in [5.41, 5.74) is 0.834. The quantitative estimate of drug-likeness (QED) is 0.767. The van der Waals surface area contributed by atoms with Crippen LogP contribution in [0.4, 0.5) is 4.79 Å². The Morgan fingerprint density at radius 3 is 2.36 bits per heavy atom. The van der Waals surface area contributed by atoms with Gasteiger partial charge in [-0.15, -0.1) is 0 Å². The Bertz CT molecular complexity index is 595. The fraction of sp³-hybridized carbons (Fsp3) is 0.588. The summed E-state index contributed by atoms with van der Waals surface area (Å²) in [5, 5.41) is 18.9. The van der Waals surface area contributed by atoms with Crippen molar-refractivity contribution >= 4 is 18.7 Å². The molecule has 8 heteroatoms. The zero-order valence-corrected chi connectivity index (χ0v) is 15.4. The highest BCUT2D eigenvalue weighted by molar-refractivity contribution is 6.59. The van der Waals surface area contributed by atoms with Crippen molar-refractivity contribution in [3.05, 3.63) is 23.8 Å². The minimum absolute atomic E-state index is 0.276. The lowest BCUT2D eigenvalue weighted by Gasteiger charge is -2.35. The fourth-order valence-electron chi connectivity index (χ4n) is 2.76. The second kappa shape index (κ2) is 8.08. The Hall–Kier alpha value is -1.77. The lowest BCUT2D eigenvalue weighted by Crippen LogP contribution is -2.49. The first-order valence-electron chi connectivity index (χ1n) is 8.43. The number of piperazine rings is 1. The van der Waals surface area contributed by atoms with Crippen LogP contribution in [0.5, 0.6) is 5.75 Å². The molecule has 1 saturated heterocycles. The molecule has 1 aliphatic rings. The average molecular weight is 350 g/mol. The summed E-state index contributed by atoms with van der Waals surface area (Å²) in [6.07, 6.45) is -0.276. The first kappa shape index (κ1) is 19.6. The van der Waals surface area contributed by atoms with E-state index in [1.807, 2.05) is 26.8 Å². The van der Waals surface area contributed by atoms with Crippen LogP contribution in [0.1, 0.15) is 26.3 Å². The molecule has 1 heterocycles. The number of carbonyl (C=O) groups excluding carboxylic acids is 1. The molecule has 0 aromatic heterocycles. The molecule has 2 N–H and O–H groups in total. The Morgan fingerprint density at radius 1 is 1.20 bits per heavy atom. The third-order valence-electron chi connectivity index (χ3n) is 4.00. The Morgan fingerprint density at radius 2 is 1.84 bits per heavy atom. The van der Waals surface area contributed by atoms with Gasteiger partial charge in [0.25, 0.3) is 0 Å². The maximum absolute atomic E-state index is 12.1. The number of methoxy groups -OCH3 is 1. The van der Waals surface area contributed by atoms with E-state index in [1.54, 1.807) is 17.0 Å². The molecule has 1 aromatic rings. The Labute approximate surface area is 149 Å². The van der Waals surface area contributed by atoms with Crippen molar-refractivity contribution in [3.8, 4) is 5.75 Å². The van der Waals surface area contributed by atoms with Gasteiger partial charge in [-0.05, 0) is 32.4 Å². The highest BCUT2D eigenvalue weighted by Crippen LogP contribution is 2.15. The lowest BCUT2D eigenvalue weighted by molar-refractivity contribution is 0.0139. The van der Waals surface area contributed by atoms with Crippen LogP contribution >= 0.6 is 0 Å². The monoisotopic (exact) mass is 350 g/mol. The van der Waals surface area contributed by atoms with Crippen molar-refractivity contribution in [3.63, 3.8) is 0 Å². The minimum atomic E-state index is -1.57. The van der Waals surface area contributed by atoms with Crippen LogP contribution in [-0.4, -0.2) is 71.9 Å². The first-order valence-corrected chi connectivity index (χ1v) is 8.43. The van der Waals surface area contributed by atoms with Crippen molar-refractivity contribution in [2.45, 2.75) is 32.9 Å². The van der Waals surface area contributed by atoms with Crippen LogP contribution in [0.25, 0.3) is 0 Å². The molecular weight excluding hydrogens is 323 g/mol. The van der Waals surface area contributed by atoms with E-state index in [1.165, 1.54) is 7.11 Å². The van der Waals surface area contributed by atoms with E-state index in [0.717, 1.165) is 18.7 Å². The standard InChI is InChI=1S/C17H27BN2O5/c1-17(2,3)25-16(21)20-9-7-19(8-10-20)12-13-5-6-15(24-4)14(11-13)18(22)23/h5-6,11,22-23H,7-10,12H2,1-4H3. The molecule has 0 radical (unpaired) electrons. The number of nitrogens with zero attached hydrogens (tertiary/aromatic N) is 2. The summed E-state index contributed by atoms with van der Waals surface area (Å²) in [6.45, 7) is 8.95. The molecule has 1 aliphatic heterocycles. The summed E-state index contributed by atoms with van der Waals surface area (Å²) in [4.78, 5) is 16.0. The number of hydrogen-bond donors (Lipinski definition) is 2. The molecule has 0 bridgehead atoms. The zero-order chi connectivity index (χ0) is 18.6. The van der Waals surface area contributed by atoms with Gasteiger partial charge in [0.05, 0.1) is 7.11 Å². The fourth-order valence-corrected chi connectivity index (χ4v) is 2.76. The molecule has 0 saturated carbocycles. The third kappa shape index (κ3) is 5.62. The molecule has 1 amide bonds. The number of benzene rings is 1. The molecule has 138 valence electrons. The van der Waals surface area contributed by atoms with Crippen molar-refractivity contribution in [2.24, 2.45) is 0 Å². The second-order valence-electron chi connectivity index (χ2n) is 7.19.